The van der Waals surface area contributed by atoms with Crippen molar-refractivity contribution in [3.63, 3.8) is 0 Å². The van der Waals surface area contributed by atoms with Crippen molar-refractivity contribution < 1.29 is 14.2 Å². The lowest BCUT2D eigenvalue weighted by Crippen LogP contribution is -2.03. The highest BCUT2D eigenvalue weighted by atomic mass is 16.5. The van der Waals surface area contributed by atoms with E-state index in [9.17, 15) is 0 Å². The van der Waals surface area contributed by atoms with E-state index in [4.69, 9.17) is 19.9 Å². The lowest BCUT2D eigenvalue weighted by Gasteiger charge is -2.10. The summed E-state index contributed by atoms with van der Waals surface area (Å²) in [6.45, 7) is 0.358. The van der Waals surface area contributed by atoms with Gasteiger partial charge in [0.25, 0.3) is 5.88 Å². The Morgan fingerprint density at radius 3 is 2.42 bits per heavy atom. The first-order chi connectivity index (χ1) is 9.24. The highest BCUT2D eigenvalue weighted by molar-refractivity contribution is 5.51. The van der Waals surface area contributed by atoms with Gasteiger partial charge in [0.15, 0.2) is 5.82 Å². The highest BCUT2D eigenvalue weighted by Gasteiger charge is 2.10. The van der Waals surface area contributed by atoms with Gasteiger partial charge in [0.2, 0.25) is 5.75 Å². The smallest absolute Gasteiger partial charge is 0.262 e. The van der Waals surface area contributed by atoms with Crippen molar-refractivity contribution in [3.05, 3.63) is 36.2 Å². The van der Waals surface area contributed by atoms with Crippen LogP contribution in [0.4, 0.5) is 5.82 Å². The molecule has 2 aromatic rings. The monoisotopic (exact) mass is 261 g/mol. The normalized spacial score (nSPS) is 10.0. The molecule has 0 atom stereocenters. The zero-order chi connectivity index (χ0) is 13.7. The Balaban J connectivity index is 2.07. The predicted molar refractivity (Wildman–Crippen MR) is 70.3 cm³/mol. The van der Waals surface area contributed by atoms with Crippen molar-refractivity contribution in [2.24, 2.45) is 0 Å². The molecule has 0 fully saturated rings. The van der Waals surface area contributed by atoms with E-state index in [2.05, 4.69) is 9.97 Å². The van der Waals surface area contributed by atoms with Gasteiger partial charge in [0.1, 0.15) is 18.7 Å². The third-order valence-corrected chi connectivity index (χ3v) is 2.54. The van der Waals surface area contributed by atoms with Crippen LogP contribution in [-0.2, 0) is 6.61 Å². The summed E-state index contributed by atoms with van der Waals surface area (Å²) in [5.41, 5.74) is 6.65. The fraction of sp³-hybridized carbons (Fsp3) is 0.231. The van der Waals surface area contributed by atoms with Crippen LogP contribution in [-0.4, -0.2) is 24.2 Å². The molecule has 0 saturated heterocycles. The van der Waals surface area contributed by atoms with Gasteiger partial charge in [0.05, 0.1) is 14.2 Å². The Hall–Kier alpha value is -2.50. The molecule has 100 valence electrons. The summed E-state index contributed by atoms with van der Waals surface area (Å²) in [5.74, 6) is 1.72. The standard InChI is InChI=1S/C13H15N3O3/c1-17-10-5-3-9(4-6-10)7-19-13-11(18-2)12(14)15-8-16-13/h3-6,8H,7H2,1-2H3,(H2,14,15,16). The molecule has 0 amide bonds. The number of aromatic nitrogens is 2. The van der Waals surface area contributed by atoms with Gasteiger partial charge in [-0.2, -0.15) is 4.98 Å². The predicted octanol–water partition coefficient (Wildman–Crippen LogP) is 1.66. The van der Waals surface area contributed by atoms with Crippen LogP contribution < -0.4 is 19.9 Å². The van der Waals surface area contributed by atoms with Gasteiger partial charge in [-0.15, -0.1) is 0 Å². The summed E-state index contributed by atoms with van der Waals surface area (Å²) in [5, 5.41) is 0. The van der Waals surface area contributed by atoms with Crippen molar-refractivity contribution in [3.8, 4) is 17.4 Å². The maximum absolute atomic E-state index is 5.67. The molecule has 1 heterocycles. The van der Waals surface area contributed by atoms with E-state index in [1.54, 1.807) is 7.11 Å². The molecule has 0 saturated carbocycles. The summed E-state index contributed by atoms with van der Waals surface area (Å²) in [4.78, 5) is 7.83. The van der Waals surface area contributed by atoms with Gasteiger partial charge in [-0.1, -0.05) is 12.1 Å². The Morgan fingerprint density at radius 2 is 1.79 bits per heavy atom. The van der Waals surface area contributed by atoms with E-state index < -0.39 is 0 Å². The second kappa shape index (κ2) is 5.90. The van der Waals surface area contributed by atoms with Crippen LogP contribution in [0, 0.1) is 0 Å². The molecule has 0 aliphatic rings. The van der Waals surface area contributed by atoms with Gasteiger partial charge in [0, 0.05) is 0 Å². The molecule has 1 aromatic carbocycles. The van der Waals surface area contributed by atoms with E-state index in [0.29, 0.717) is 18.2 Å². The molecule has 0 unspecified atom stereocenters. The summed E-state index contributed by atoms with van der Waals surface area (Å²) in [6.07, 6.45) is 1.33. The molecule has 0 bridgehead atoms. The molecule has 19 heavy (non-hydrogen) atoms. The molecule has 0 aliphatic carbocycles. The number of anilines is 1. The van der Waals surface area contributed by atoms with Crippen LogP contribution >= 0.6 is 0 Å². The van der Waals surface area contributed by atoms with Crippen LogP contribution in [0.2, 0.25) is 0 Å². The minimum atomic E-state index is 0.252. The molecule has 2 N–H and O–H groups in total. The number of hydrogen-bond donors (Lipinski definition) is 1. The summed E-state index contributed by atoms with van der Waals surface area (Å²) < 4.78 is 15.8. The van der Waals surface area contributed by atoms with E-state index >= 15 is 0 Å². The van der Waals surface area contributed by atoms with Crippen molar-refractivity contribution in [2.45, 2.75) is 6.61 Å². The number of nitrogens with two attached hydrogens (primary N) is 1. The van der Waals surface area contributed by atoms with Crippen LogP contribution in [0.15, 0.2) is 30.6 Å². The van der Waals surface area contributed by atoms with Gasteiger partial charge < -0.3 is 19.9 Å². The van der Waals surface area contributed by atoms with Gasteiger partial charge >= 0.3 is 0 Å². The van der Waals surface area contributed by atoms with Crippen LogP contribution in [0.3, 0.4) is 0 Å². The number of methoxy groups -OCH3 is 2. The van der Waals surface area contributed by atoms with Gasteiger partial charge in [-0.25, -0.2) is 4.98 Å². The minimum absolute atomic E-state index is 0.252. The SMILES string of the molecule is COc1ccc(COc2ncnc(N)c2OC)cc1. The second-order valence-electron chi connectivity index (χ2n) is 3.73. The molecule has 0 spiro atoms. The van der Waals surface area contributed by atoms with Gasteiger partial charge in [-0.3, -0.25) is 0 Å². The van der Waals surface area contributed by atoms with Crippen molar-refractivity contribution in [1.82, 2.24) is 9.97 Å². The summed E-state index contributed by atoms with van der Waals surface area (Å²) >= 11 is 0. The lowest BCUT2D eigenvalue weighted by atomic mass is 10.2. The fourth-order valence-corrected chi connectivity index (χ4v) is 1.54. The van der Waals surface area contributed by atoms with Crippen molar-refractivity contribution in [2.75, 3.05) is 20.0 Å². The number of rotatable bonds is 5. The van der Waals surface area contributed by atoms with Crippen LogP contribution in [0.25, 0.3) is 0 Å². The Morgan fingerprint density at radius 1 is 1.05 bits per heavy atom. The lowest BCUT2D eigenvalue weighted by molar-refractivity contribution is 0.272. The maximum Gasteiger partial charge on any atom is 0.262 e. The molecule has 0 radical (unpaired) electrons. The fourth-order valence-electron chi connectivity index (χ4n) is 1.54. The Labute approximate surface area is 111 Å². The van der Waals surface area contributed by atoms with Crippen LogP contribution in [0.1, 0.15) is 5.56 Å². The average molecular weight is 261 g/mol. The minimum Gasteiger partial charge on any atom is -0.497 e. The van der Waals surface area contributed by atoms with Crippen molar-refractivity contribution in [1.29, 1.82) is 0 Å². The first-order valence-electron chi connectivity index (χ1n) is 5.64. The zero-order valence-electron chi connectivity index (χ0n) is 10.8. The topological polar surface area (TPSA) is 79.5 Å². The van der Waals surface area contributed by atoms with E-state index in [1.807, 2.05) is 24.3 Å². The van der Waals surface area contributed by atoms with E-state index in [1.165, 1.54) is 13.4 Å². The summed E-state index contributed by atoms with van der Waals surface area (Å²) in [6, 6.07) is 7.56. The number of nitrogen functional groups attached to an aromatic ring is 1. The highest BCUT2D eigenvalue weighted by Crippen LogP contribution is 2.29. The average Bonchev–Trinajstić information content (AvgIpc) is 2.45. The first-order valence-corrected chi connectivity index (χ1v) is 5.64. The van der Waals surface area contributed by atoms with E-state index in [0.717, 1.165) is 11.3 Å². The molecular weight excluding hydrogens is 246 g/mol. The third-order valence-electron chi connectivity index (χ3n) is 2.54. The zero-order valence-corrected chi connectivity index (χ0v) is 10.8. The van der Waals surface area contributed by atoms with Crippen LogP contribution in [0.5, 0.6) is 17.4 Å². The van der Waals surface area contributed by atoms with Gasteiger partial charge in [-0.05, 0) is 17.7 Å². The molecular formula is C13H15N3O3. The molecule has 6 nitrogen and oxygen atoms in total. The Bertz CT molecular complexity index is 543. The molecule has 1 aromatic heterocycles. The summed E-state index contributed by atoms with van der Waals surface area (Å²) in [7, 11) is 3.12. The van der Waals surface area contributed by atoms with Crippen molar-refractivity contribution >= 4 is 5.82 Å². The number of ether oxygens (including phenoxy) is 3. The number of benzene rings is 1. The molecule has 2 rings (SSSR count). The Kier molecular flexibility index (Phi) is 4.02. The molecule has 6 heteroatoms. The number of hydrogen-bond acceptors (Lipinski definition) is 6. The quantitative estimate of drug-likeness (QED) is 0.881. The second-order valence-corrected chi connectivity index (χ2v) is 3.73. The third kappa shape index (κ3) is 3.04. The number of nitrogens with zero attached hydrogens (tertiary/aromatic N) is 2. The maximum atomic E-state index is 5.67. The largest absolute Gasteiger partial charge is 0.497 e. The molecule has 0 aliphatic heterocycles. The first kappa shape index (κ1) is 12.9. The van der Waals surface area contributed by atoms with E-state index in [-0.39, 0.29) is 5.82 Å².